The van der Waals surface area contributed by atoms with Crippen LogP contribution in [0.2, 0.25) is 0 Å². The Morgan fingerprint density at radius 2 is 2.06 bits per heavy atom. The maximum atomic E-state index is 12.9. The van der Waals surface area contributed by atoms with E-state index < -0.39 is 4.92 Å². The van der Waals surface area contributed by atoms with Gasteiger partial charge in [0, 0.05) is 37.6 Å². The van der Waals surface area contributed by atoms with Crippen molar-refractivity contribution < 1.29 is 14.5 Å². The number of amides is 1. The number of methoxy groups -OCH3 is 1. The lowest BCUT2D eigenvalue weighted by molar-refractivity contribution is -0.384. The fourth-order valence-electron chi connectivity index (χ4n) is 3.56. The van der Waals surface area contributed by atoms with Crippen molar-refractivity contribution in [3.63, 3.8) is 0 Å². The number of anilines is 2. The number of benzene rings is 1. The first-order valence-electron chi connectivity index (χ1n) is 9.75. The predicted molar refractivity (Wildman–Crippen MR) is 112 cm³/mol. The van der Waals surface area contributed by atoms with Crippen molar-refractivity contribution in [1.29, 1.82) is 0 Å². The second-order valence-electron chi connectivity index (χ2n) is 7.14. The Hall–Kier alpha value is -4.02. The largest absolute Gasteiger partial charge is 0.495 e. The van der Waals surface area contributed by atoms with Gasteiger partial charge in [-0.15, -0.1) is 10.2 Å². The van der Waals surface area contributed by atoms with Gasteiger partial charge in [-0.1, -0.05) is 0 Å². The monoisotopic (exact) mass is 423 g/mol. The zero-order valence-electron chi connectivity index (χ0n) is 16.8. The molecule has 0 spiro atoms. The van der Waals surface area contributed by atoms with Gasteiger partial charge in [-0.25, -0.2) is 4.98 Å². The normalized spacial score (nSPS) is 16.0. The molecule has 3 aromatic rings. The quantitative estimate of drug-likeness (QED) is 0.473. The highest BCUT2D eigenvalue weighted by Crippen LogP contribution is 2.30. The van der Waals surface area contributed by atoms with Crippen LogP contribution in [0.1, 0.15) is 12.8 Å². The number of hydrogen-bond donors (Lipinski definition) is 1. The Morgan fingerprint density at radius 3 is 2.74 bits per heavy atom. The van der Waals surface area contributed by atoms with E-state index in [1.807, 2.05) is 17.0 Å². The molecule has 160 valence electrons. The molecular formula is C20H21N7O4. The lowest BCUT2D eigenvalue weighted by atomic mass is 9.97. The topological polar surface area (TPSA) is 128 Å². The van der Waals surface area contributed by atoms with Crippen LogP contribution in [0.4, 0.5) is 17.2 Å². The standard InChI is InChI=1S/C20H21N7O4/c1-31-17-5-4-15(27(29)30)11-16(17)22-20(28)14-3-2-9-25(12-14)18-6-7-19(24-23-18)26-10-8-21-13-26/h4-8,10-11,13-14H,2-3,9,12H2,1H3,(H,22,28). The molecule has 31 heavy (non-hydrogen) atoms. The Kier molecular flexibility index (Phi) is 5.74. The van der Waals surface area contributed by atoms with E-state index in [1.54, 1.807) is 23.3 Å². The van der Waals surface area contributed by atoms with E-state index in [4.69, 9.17) is 4.74 Å². The van der Waals surface area contributed by atoms with E-state index in [0.29, 0.717) is 30.4 Å². The van der Waals surface area contributed by atoms with Gasteiger partial charge in [0.25, 0.3) is 5.69 Å². The summed E-state index contributed by atoms with van der Waals surface area (Å²) in [6.45, 7) is 1.24. The van der Waals surface area contributed by atoms with Crippen molar-refractivity contribution >= 4 is 23.1 Å². The lowest BCUT2D eigenvalue weighted by Crippen LogP contribution is -2.41. The van der Waals surface area contributed by atoms with Crippen molar-refractivity contribution in [1.82, 2.24) is 19.7 Å². The van der Waals surface area contributed by atoms with Gasteiger partial charge in [0.1, 0.15) is 12.1 Å². The third-order valence-corrected chi connectivity index (χ3v) is 5.17. The van der Waals surface area contributed by atoms with Crippen LogP contribution in [0.5, 0.6) is 5.75 Å². The average molecular weight is 423 g/mol. The summed E-state index contributed by atoms with van der Waals surface area (Å²) in [5.41, 5.74) is 0.165. The first kappa shape index (κ1) is 20.3. The Labute approximate surface area is 177 Å². The van der Waals surface area contributed by atoms with Crippen LogP contribution in [0.15, 0.2) is 49.1 Å². The molecule has 1 unspecified atom stereocenters. The maximum absolute atomic E-state index is 12.9. The summed E-state index contributed by atoms with van der Waals surface area (Å²) in [5, 5.41) is 22.4. The number of nitrogens with zero attached hydrogens (tertiary/aromatic N) is 6. The van der Waals surface area contributed by atoms with Gasteiger partial charge in [0.2, 0.25) is 5.91 Å². The van der Waals surface area contributed by atoms with Crippen LogP contribution in [0, 0.1) is 16.0 Å². The number of carbonyl (C=O) groups excluding carboxylic acids is 1. The maximum Gasteiger partial charge on any atom is 0.271 e. The summed E-state index contributed by atoms with van der Waals surface area (Å²) >= 11 is 0. The van der Waals surface area contributed by atoms with Gasteiger partial charge in [-0.2, -0.15) is 0 Å². The summed E-state index contributed by atoms with van der Waals surface area (Å²) < 4.78 is 6.99. The molecule has 2 aromatic heterocycles. The first-order chi connectivity index (χ1) is 15.0. The minimum Gasteiger partial charge on any atom is -0.495 e. The molecular weight excluding hydrogens is 402 g/mol. The fourth-order valence-corrected chi connectivity index (χ4v) is 3.56. The van der Waals surface area contributed by atoms with Crippen molar-refractivity contribution in [2.45, 2.75) is 12.8 Å². The highest BCUT2D eigenvalue weighted by molar-refractivity contribution is 5.94. The molecule has 1 saturated heterocycles. The molecule has 0 bridgehead atoms. The highest BCUT2D eigenvalue weighted by Gasteiger charge is 2.28. The number of nitro groups is 1. The minimum absolute atomic E-state index is 0.116. The van der Waals surface area contributed by atoms with Gasteiger partial charge < -0.3 is 15.0 Å². The molecule has 1 aliphatic heterocycles. The second kappa shape index (κ2) is 8.78. The SMILES string of the molecule is COc1ccc([N+](=O)[O-])cc1NC(=O)C1CCCN(c2ccc(-n3ccnc3)nn2)C1. The molecule has 1 atom stereocenters. The molecule has 4 rings (SSSR count). The molecule has 1 fully saturated rings. The van der Waals surface area contributed by atoms with Gasteiger partial charge in [-0.05, 0) is 31.0 Å². The van der Waals surface area contributed by atoms with Crippen molar-refractivity contribution in [3.05, 3.63) is 59.2 Å². The number of rotatable bonds is 6. The first-order valence-corrected chi connectivity index (χ1v) is 9.75. The zero-order valence-corrected chi connectivity index (χ0v) is 16.8. The van der Waals surface area contributed by atoms with Crippen LogP contribution in [-0.4, -0.2) is 50.8 Å². The van der Waals surface area contributed by atoms with Crippen molar-refractivity contribution in [3.8, 4) is 11.6 Å². The van der Waals surface area contributed by atoms with E-state index in [1.165, 1.54) is 25.3 Å². The van der Waals surface area contributed by atoms with Gasteiger partial charge >= 0.3 is 0 Å². The average Bonchev–Trinajstić information content (AvgIpc) is 3.34. The van der Waals surface area contributed by atoms with Crippen molar-refractivity contribution in [2.24, 2.45) is 5.92 Å². The molecule has 11 nitrogen and oxygen atoms in total. The molecule has 1 N–H and O–H groups in total. The highest BCUT2D eigenvalue weighted by atomic mass is 16.6. The number of hydrogen-bond acceptors (Lipinski definition) is 8. The third kappa shape index (κ3) is 4.44. The van der Waals surface area contributed by atoms with Gasteiger partial charge in [0.15, 0.2) is 11.6 Å². The van der Waals surface area contributed by atoms with Crippen LogP contribution in [-0.2, 0) is 4.79 Å². The van der Waals surface area contributed by atoms with Crippen LogP contribution < -0.4 is 15.0 Å². The number of piperidine rings is 1. The van der Waals surface area contributed by atoms with E-state index in [2.05, 4.69) is 20.5 Å². The van der Waals surface area contributed by atoms with Crippen LogP contribution in [0.3, 0.4) is 0 Å². The zero-order chi connectivity index (χ0) is 21.8. The lowest BCUT2D eigenvalue weighted by Gasteiger charge is -2.32. The van der Waals surface area contributed by atoms with E-state index in [0.717, 1.165) is 13.0 Å². The number of aromatic nitrogens is 4. The molecule has 3 heterocycles. The predicted octanol–water partition coefficient (Wildman–Crippen LogP) is 2.43. The minimum atomic E-state index is -0.510. The molecule has 1 amide bonds. The molecule has 0 saturated carbocycles. The second-order valence-corrected chi connectivity index (χ2v) is 7.14. The van der Waals surface area contributed by atoms with Crippen LogP contribution in [0.25, 0.3) is 5.82 Å². The Bertz CT molecular complexity index is 1070. The number of non-ortho nitro benzene ring substituents is 1. The molecule has 1 aliphatic rings. The summed E-state index contributed by atoms with van der Waals surface area (Å²) in [5.74, 6) is 1.20. The molecule has 0 radical (unpaired) electrons. The summed E-state index contributed by atoms with van der Waals surface area (Å²) in [6.07, 6.45) is 6.62. The number of nitrogens with one attached hydrogen (secondary N) is 1. The fraction of sp³-hybridized carbons (Fsp3) is 0.300. The number of imidazole rings is 1. The molecule has 0 aliphatic carbocycles. The number of nitro benzene ring substituents is 1. The van der Waals surface area contributed by atoms with Gasteiger partial charge in [-0.3, -0.25) is 19.5 Å². The smallest absolute Gasteiger partial charge is 0.271 e. The summed E-state index contributed by atoms with van der Waals surface area (Å²) in [6, 6.07) is 7.83. The van der Waals surface area contributed by atoms with E-state index >= 15 is 0 Å². The third-order valence-electron chi connectivity index (χ3n) is 5.17. The van der Waals surface area contributed by atoms with Crippen LogP contribution >= 0.6 is 0 Å². The molecule has 1 aromatic carbocycles. The Morgan fingerprint density at radius 1 is 1.26 bits per heavy atom. The van der Waals surface area contributed by atoms with E-state index in [-0.39, 0.29) is 23.2 Å². The van der Waals surface area contributed by atoms with Gasteiger partial charge in [0.05, 0.1) is 23.6 Å². The summed E-state index contributed by atoms with van der Waals surface area (Å²) in [4.78, 5) is 29.5. The van der Waals surface area contributed by atoms with Crippen molar-refractivity contribution in [2.75, 3.05) is 30.4 Å². The number of ether oxygens (including phenoxy) is 1. The van der Waals surface area contributed by atoms with E-state index in [9.17, 15) is 14.9 Å². The number of carbonyl (C=O) groups is 1. The molecule has 11 heteroatoms. The summed E-state index contributed by atoms with van der Waals surface area (Å²) in [7, 11) is 1.45. The Balaban J connectivity index is 1.45.